The minimum absolute atomic E-state index is 0.0430. The molecule has 1 aliphatic carbocycles. The third-order valence-corrected chi connectivity index (χ3v) is 10.8. The van der Waals surface area contributed by atoms with Crippen LogP contribution in [0.15, 0.2) is 89.8 Å². The number of terminal acetylenes is 2. The fourth-order valence-electron chi connectivity index (χ4n) is 6.20. The van der Waals surface area contributed by atoms with Crippen molar-refractivity contribution in [1.29, 1.82) is 0 Å². The number of benzene rings is 4. The quantitative estimate of drug-likeness (QED) is 0.145. The second-order valence-corrected chi connectivity index (χ2v) is 16.4. The van der Waals surface area contributed by atoms with Gasteiger partial charge in [0, 0.05) is 155 Å². The molecule has 3 N–H and O–H groups in total. The Morgan fingerprint density at radius 3 is 1.27 bits per heavy atom. The predicted octanol–water partition coefficient (Wildman–Crippen LogP) is 5.35. The molecule has 0 saturated heterocycles. The Morgan fingerprint density at radius 2 is 0.855 bits per heavy atom. The molecule has 0 fully saturated rings. The molecule has 0 unspecified atom stereocenters. The number of carbonyl (C=O) groups is 1. The number of rotatable bonds is 10. The molecule has 4 aromatic carbocycles. The Kier molecular flexibility index (Phi) is 25.8. The maximum atomic E-state index is 13.5. The van der Waals surface area contributed by atoms with Crippen molar-refractivity contribution in [3.8, 4) is 285 Å². The normalized spacial score (nSPS) is 8.04. The summed E-state index contributed by atoms with van der Waals surface area (Å²) in [4.78, 5) is 12.7. The van der Waals surface area contributed by atoms with Crippen molar-refractivity contribution in [3.63, 3.8) is 0 Å². The molecule has 1 aliphatic rings. The lowest BCUT2D eigenvalue weighted by atomic mass is 9.98. The van der Waals surface area contributed by atoms with E-state index in [0.717, 1.165) is 22.3 Å². The maximum absolute atomic E-state index is 13.5. The van der Waals surface area contributed by atoms with Gasteiger partial charge in [-0.05, 0) is 165 Å². The summed E-state index contributed by atoms with van der Waals surface area (Å²) in [6, 6.07) is 24.9. The molecule has 0 radical (unpaired) electrons. The van der Waals surface area contributed by atoms with Crippen LogP contribution < -0.4 is 25.0 Å². The van der Waals surface area contributed by atoms with Crippen molar-refractivity contribution in [3.05, 3.63) is 107 Å². The number of hydrogen-bond acceptors (Lipinski definition) is 7. The van der Waals surface area contributed by atoms with E-state index in [4.69, 9.17) is 27.1 Å². The largest absolute Gasteiger partial charge is 0.447 e. The molecule has 0 heterocycles. The van der Waals surface area contributed by atoms with Crippen LogP contribution in [0.2, 0.25) is 0 Å². The highest BCUT2D eigenvalue weighted by Gasteiger charge is 2.29. The first-order chi connectivity index (χ1) is 40.8. The number of aryl methyl sites for hydroxylation is 1. The van der Waals surface area contributed by atoms with Crippen LogP contribution in [0.3, 0.4) is 0 Å². The predicted molar refractivity (Wildman–Crippen MR) is 318 cm³/mol. The third-order valence-electron chi connectivity index (χ3n) is 9.39. The lowest BCUT2D eigenvalue weighted by molar-refractivity contribution is 0.145. The van der Waals surface area contributed by atoms with E-state index in [9.17, 15) is 13.2 Å². The molecule has 4 aromatic rings. The van der Waals surface area contributed by atoms with Gasteiger partial charge in [0.2, 0.25) is 10.0 Å². The van der Waals surface area contributed by atoms with Gasteiger partial charge in [-0.25, -0.2) is 23.4 Å². The highest BCUT2D eigenvalue weighted by atomic mass is 32.2. The van der Waals surface area contributed by atoms with E-state index in [1.165, 1.54) is 30.3 Å². The zero-order valence-corrected chi connectivity index (χ0v) is 43.9. The monoisotopic (exact) mass is 1070 g/mol. The van der Waals surface area contributed by atoms with Gasteiger partial charge in [-0.1, -0.05) is 54.6 Å². The smallest absolute Gasteiger partial charge is 0.425 e. The second-order valence-electron chi connectivity index (χ2n) is 14.6. The topological polar surface area (TPSA) is 115 Å². The van der Waals surface area contributed by atoms with Gasteiger partial charge in [-0.2, -0.15) is 0 Å². The molecule has 0 atom stereocenters. The standard InChI is InChI=1S/C73H27N3O6S/c1-4-6-8-10-12-14-16-18-20-22-24-26-28-30-32-34-36-38-40-46-56-80-71-59-63(58-62(3)72(71)81-57-47-41-39-37-35-33-31-29-27-25-23-21-19-17-15-13-11-9-7-5-2)60-74-83(78,79)65-54-52-64(53-55-65)75-76-73(77)82-61-70-68-50-44-42-48-66(68)67-49-43-45-51-69(67)70/h1-2,42-45,48-55,58-59,70,74-75H,60-61H2,3H3,(H,76,77). The minimum Gasteiger partial charge on any atom is -0.447 e. The van der Waals surface area contributed by atoms with E-state index >= 15 is 0 Å². The molecule has 0 aliphatic heterocycles. The van der Waals surface area contributed by atoms with Gasteiger partial charge >= 0.3 is 6.09 Å². The maximum Gasteiger partial charge on any atom is 0.425 e. The third kappa shape index (κ3) is 22.7. The van der Waals surface area contributed by atoms with Crippen molar-refractivity contribution in [2.75, 3.05) is 12.0 Å². The number of hydrogen-bond donors (Lipinski definition) is 3. The molecule has 1 amide bonds. The summed E-state index contributed by atoms with van der Waals surface area (Å²) in [5.74, 6) is 98.7. The average molecular weight is 1070 g/mol. The van der Waals surface area contributed by atoms with Gasteiger partial charge in [0.15, 0.2) is 11.5 Å². The molecule has 0 aromatic heterocycles. The lowest BCUT2D eigenvalue weighted by Crippen LogP contribution is -2.31. The number of nitrogens with one attached hydrogen (secondary N) is 3. The van der Waals surface area contributed by atoms with Crippen LogP contribution in [0.4, 0.5) is 10.5 Å². The van der Waals surface area contributed by atoms with Gasteiger partial charge in [-0.15, -0.1) is 12.8 Å². The van der Waals surface area contributed by atoms with Crippen LogP contribution in [0.1, 0.15) is 28.2 Å². The van der Waals surface area contributed by atoms with Crippen LogP contribution in [-0.2, 0) is 21.3 Å². The van der Waals surface area contributed by atoms with E-state index < -0.39 is 16.1 Å². The number of fused-ring (bicyclic) bond motifs is 3. The lowest BCUT2D eigenvalue weighted by Gasteiger charge is -2.15. The molecule has 376 valence electrons. The number of amides is 1. The van der Waals surface area contributed by atoms with Crippen LogP contribution in [0.25, 0.3) is 11.1 Å². The molecular weight excluding hydrogens is 1050 g/mol. The van der Waals surface area contributed by atoms with Gasteiger partial charge in [-0.3, -0.25) is 5.43 Å². The number of hydrazine groups is 1. The van der Waals surface area contributed by atoms with E-state index in [0.29, 0.717) is 16.8 Å². The van der Waals surface area contributed by atoms with Crippen LogP contribution in [0, 0.1) is 269 Å². The Labute approximate surface area is 484 Å². The fourth-order valence-corrected chi connectivity index (χ4v) is 7.22. The highest BCUT2D eigenvalue weighted by Crippen LogP contribution is 2.44. The number of carbonyl (C=O) groups excluding carboxylic acids is 1. The average Bonchev–Trinajstić information content (AvgIpc) is 3.21. The summed E-state index contributed by atoms with van der Waals surface area (Å²) in [6.07, 6.45) is 14.2. The molecule has 83 heavy (non-hydrogen) atoms. The molecular formula is C73H27N3O6S. The van der Waals surface area contributed by atoms with Crippen molar-refractivity contribution in [1.82, 2.24) is 10.1 Å². The fraction of sp³-hybridized carbons (Fsp3) is 0.0548. The molecule has 0 spiro atoms. The van der Waals surface area contributed by atoms with Crippen molar-refractivity contribution in [2.45, 2.75) is 24.3 Å². The van der Waals surface area contributed by atoms with E-state index in [1.807, 2.05) is 48.5 Å². The van der Waals surface area contributed by atoms with Crippen LogP contribution in [0.5, 0.6) is 11.5 Å². The molecule has 10 heteroatoms. The van der Waals surface area contributed by atoms with E-state index in [1.54, 1.807) is 13.0 Å². The van der Waals surface area contributed by atoms with Gasteiger partial charge in [0.1, 0.15) is 18.8 Å². The summed E-state index contributed by atoms with van der Waals surface area (Å²) in [6.45, 7) is 1.65. The Hall–Kier alpha value is -14.2. The summed E-state index contributed by atoms with van der Waals surface area (Å²) in [5.41, 5.74) is 11.0. The van der Waals surface area contributed by atoms with Crippen molar-refractivity contribution < 1.29 is 27.4 Å². The summed E-state index contributed by atoms with van der Waals surface area (Å²) in [7, 11) is -4.05. The summed E-state index contributed by atoms with van der Waals surface area (Å²) >= 11 is 0. The minimum atomic E-state index is -4.05. The van der Waals surface area contributed by atoms with Gasteiger partial charge < -0.3 is 14.2 Å². The highest BCUT2D eigenvalue weighted by molar-refractivity contribution is 7.89. The zero-order chi connectivity index (χ0) is 58.7. The second kappa shape index (κ2) is 35.9. The van der Waals surface area contributed by atoms with E-state index in [-0.39, 0.29) is 35.5 Å². The number of anilines is 1. The molecule has 0 saturated carbocycles. The molecule has 9 nitrogen and oxygen atoms in total. The van der Waals surface area contributed by atoms with Crippen LogP contribution in [-0.4, -0.2) is 21.1 Å². The molecule has 0 bridgehead atoms. The first-order valence-corrected chi connectivity index (χ1v) is 24.6. The van der Waals surface area contributed by atoms with E-state index in [2.05, 4.69) is 265 Å². The summed E-state index contributed by atoms with van der Waals surface area (Å²) < 4.78 is 46.4. The number of ether oxygens (including phenoxy) is 3. The zero-order valence-electron chi connectivity index (χ0n) is 43.1. The summed E-state index contributed by atoms with van der Waals surface area (Å²) in [5, 5.41) is 0. The van der Waals surface area contributed by atoms with Gasteiger partial charge in [0.25, 0.3) is 0 Å². The first-order valence-electron chi connectivity index (χ1n) is 23.2. The van der Waals surface area contributed by atoms with Crippen molar-refractivity contribution >= 4 is 21.8 Å². The number of sulfonamides is 1. The van der Waals surface area contributed by atoms with Crippen molar-refractivity contribution in [2.24, 2.45) is 0 Å². The first kappa shape index (κ1) is 59.7. The Morgan fingerprint density at radius 1 is 0.482 bits per heavy atom. The van der Waals surface area contributed by atoms with Gasteiger partial charge in [0.05, 0.1) is 10.6 Å². The molecule has 5 rings (SSSR count). The Bertz CT molecular complexity index is 4860. The van der Waals surface area contributed by atoms with Crippen LogP contribution >= 0.6 is 0 Å². The Balaban J connectivity index is 1.20. The SMILES string of the molecule is C#CC#CC#CC#CC#CC#CC#CC#CC#CC#CC#COc1cc(CNS(=O)(=O)c2ccc(NNC(=O)OCC3c4ccccc4-c4ccccc43)cc2)cc(C)c1OC#CC#CC#CC#CC#CC#CC#CC#CC#CC#CC#C.